The van der Waals surface area contributed by atoms with Crippen molar-refractivity contribution in [3.05, 3.63) is 29.3 Å². The topological polar surface area (TPSA) is 73.4 Å². The molecule has 2 saturated heterocycles. The van der Waals surface area contributed by atoms with E-state index < -0.39 is 5.60 Å². The molecule has 0 saturated carbocycles. The van der Waals surface area contributed by atoms with E-state index in [1.807, 2.05) is 55.7 Å². The fraction of sp³-hybridized carbons (Fsp3) is 0.640. The van der Waals surface area contributed by atoms with Gasteiger partial charge in [-0.25, -0.2) is 4.79 Å². The largest absolute Gasteiger partial charge is 0.444 e. The first-order valence-electron chi connectivity index (χ1n) is 12.1. The van der Waals surface area contributed by atoms with Gasteiger partial charge in [0.2, 0.25) is 5.91 Å². The Morgan fingerprint density at radius 2 is 1.76 bits per heavy atom. The van der Waals surface area contributed by atoms with Crippen LogP contribution in [-0.2, 0) is 16.0 Å². The number of ether oxygens (including phenoxy) is 1. The van der Waals surface area contributed by atoms with Crippen molar-refractivity contribution in [2.45, 2.75) is 58.6 Å². The predicted molar refractivity (Wildman–Crippen MR) is 126 cm³/mol. The molecule has 8 heteroatoms. The molecule has 0 bridgehead atoms. The van der Waals surface area contributed by atoms with Gasteiger partial charge in [0.05, 0.1) is 6.54 Å². The summed E-state index contributed by atoms with van der Waals surface area (Å²) in [6.07, 6.45) is 2.62. The molecule has 3 heterocycles. The zero-order valence-electron chi connectivity index (χ0n) is 20.3. The van der Waals surface area contributed by atoms with E-state index in [1.54, 1.807) is 4.90 Å². The van der Waals surface area contributed by atoms with Gasteiger partial charge in [0.1, 0.15) is 5.60 Å². The monoisotopic (exact) mass is 456 g/mol. The van der Waals surface area contributed by atoms with E-state index >= 15 is 0 Å². The second-order valence-corrected chi connectivity index (χ2v) is 10.4. The quantitative estimate of drug-likeness (QED) is 0.699. The van der Waals surface area contributed by atoms with Gasteiger partial charge >= 0.3 is 6.09 Å². The van der Waals surface area contributed by atoms with Crippen LogP contribution in [0.3, 0.4) is 0 Å². The summed E-state index contributed by atoms with van der Waals surface area (Å²) in [6.45, 7) is 11.9. The summed E-state index contributed by atoms with van der Waals surface area (Å²) in [5.41, 5.74) is 2.12. The number of rotatable bonds is 3. The smallest absolute Gasteiger partial charge is 0.410 e. The van der Waals surface area contributed by atoms with Gasteiger partial charge < -0.3 is 19.4 Å². The highest BCUT2D eigenvalue weighted by molar-refractivity contribution is 6.00. The van der Waals surface area contributed by atoms with Crippen molar-refractivity contribution in [3.63, 3.8) is 0 Å². The Bertz CT molecular complexity index is 919. The molecule has 3 amide bonds. The normalized spacial score (nSPS) is 21.3. The van der Waals surface area contributed by atoms with Crippen molar-refractivity contribution in [2.75, 3.05) is 50.7 Å². The number of amides is 3. The molecule has 1 unspecified atom stereocenters. The second-order valence-electron chi connectivity index (χ2n) is 10.4. The number of fused-ring (bicyclic) bond motifs is 1. The summed E-state index contributed by atoms with van der Waals surface area (Å²) in [7, 11) is 0. The third-order valence-electron chi connectivity index (χ3n) is 6.62. The molecular weight excluding hydrogens is 420 g/mol. The molecular formula is C25H36N4O4. The molecule has 180 valence electrons. The molecule has 0 N–H and O–H groups in total. The van der Waals surface area contributed by atoms with Gasteiger partial charge in [0, 0.05) is 56.6 Å². The van der Waals surface area contributed by atoms with E-state index in [1.165, 1.54) is 0 Å². The zero-order chi connectivity index (χ0) is 23.8. The molecule has 0 radical (unpaired) electrons. The Hall–Kier alpha value is -2.61. The van der Waals surface area contributed by atoms with E-state index in [4.69, 9.17) is 4.74 Å². The van der Waals surface area contributed by atoms with Crippen molar-refractivity contribution in [3.8, 4) is 0 Å². The standard InChI is InChI=1S/C25H36N4O4/c1-18-16-26(13-14-28(18)24(32)33-25(2,3)4)17-22(30)29-12-9-19-7-8-20(15-21(19)29)23(31)27-10-5-6-11-27/h7-8,15,18H,5-6,9-14,16-17H2,1-4H3. The maximum atomic E-state index is 13.2. The Kier molecular flexibility index (Phi) is 6.66. The van der Waals surface area contributed by atoms with Crippen LogP contribution >= 0.6 is 0 Å². The lowest BCUT2D eigenvalue weighted by molar-refractivity contribution is -0.120. The third kappa shape index (κ3) is 5.32. The number of likely N-dealkylation sites (tertiary alicyclic amines) is 1. The van der Waals surface area contributed by atoms with Gasteiger partial charge in [-0.2, -0.15) is 0 Å². The van der Waals surface area contributed by atoms with Gasteiger partial charge in [-0.3, -0.25) is 14.5 Å². The number of anilines is 1. The van der Waals surface area contributed by atoms with E-state index in [9.17, 15) is 14.4 Å². The van der Waals surface area contributed by atoms with Crippen molar-refractivity contribution in [2.24, 2.45) is 0 Å². The summed E-state index contributed by atoms with van der Waals surface area (Å²) in [5, 5.41) is 0. The summed E-state index contributed by atoms with van der Waals surface area (Å²) in [5.74, 6) is 0.0964. The first-order valence-corrected chi connectivity index (χ1v) is 12.1. The van der Waals surface area contributed by atoms with Crippen LogP contribution in [0.5, 0.6) is 0 Å². The highest BCUT2D eigenvalue weighted by Gasteiger charge is 2.33. The summed E-state index contributed by atoms with van der Waals surface area (Å²) >= 11 is 0. The molecule has 0 aliphatic carbocycles. The molecule has 4 rings (SSSR count). The number of carbonyl (C=O) groups excluding carboxylic acids is 3. The average Bonchev–Trinajstić information content (AvgIpc) is 3.41. The number of carbonyl (C=O) groups is 3. The Morgan fingerprint density at radius 3 is 2.42 bits per heavy atom. The zero-order valence-corrected chi connectivity index (χ0v) is 20.3. The highest BCUT2D eigenvalue weighted by Crippen LogP contribution is 2.30. The first-order chi connectivity index (χ1) is 15.6. The summed E-state index contributed by atoms with van der Waals surface area (Å²) < 4.78 is 5.51. The van der Waals surface area contributed by atoms with Crippen LogP contribution in [0.25, 0.3) is 0 Å². The minimum Gasteiger partial charge on any atom is -0.444 e. The van der Waals surface area contributed by atoms with Crippen LogP contribution in [0, 0.1) is 0 Å². The average molecular weight is 457 g/mol. The van der Waals surface area contributed by atoms with Gasteiger partial charge in [0.25, 0.3) is 5.91 Å². The minimum atomic E-state index is -0.526. The Labute approximate surface area is 196 Å². The lowest BCUT2D eigenvalue weighted by Gasteiger charge is -2.40. The summed E-state index contributed by atoms with van der Waals surface area (Å²) in [4.78, 5) is 46.1. The van der Waals surface area contributed by atoms with Crippen LogP contribution in [0.15, 0.2) is 18.2 Å². The van der Waals surface area contributed by atoms with Gasteiger partial charge in [-0.15, -0.1) is 0 Å². The number of piperazine rings is 1. The Morgan fingerprint density at radius 1 is 1.03 bits per heavy atom. The predicted octanol–water partition coefficient (Wildman–Crippen LogP) is 2.75. The van der Waals surface area contributed by atoms with Gasteiger partial charge in [0.15, 0.2) is 0 Å². The second kappa shape index (κ2) is 9.33. The number of benzene rings is 1. The van der Waals surface area contributed by atoms with Crippen molar-refractivity contribution >= 4 is 23.6 Å². The molecule has 0 spiro atoms. The van der Waals surface area contributed by atoms with E-state index in [0.29, 0.717) is 38.3 Å². The molecule has 1 aromatic carbocycles. The van der Waals surface area contributed by atoms with Crippen LogP contribution in [-0.4, -0.2) is 90.1 Å². The van der Waals surface area contributed by atoms with E-state index in [2.05, 4.69) is 4.90 Å². The lowest BCUT2D eigenvalue weighted by Crippen LogP contribution is -2.56. The summed E-state index contributed by atoms with van der Waals surface area (Å²) in [6, 6.07) is 5.75. The molecule has 0 aromatic heterocycles. The van der Waals surface area contributed by atoms with Crippen molar-refractivity contribution in [1.82, 2.24) is 14.7 Å². The number of hydrogen-bond acceptors (Lipinski definition) is 5. The molecule has 33 heavy (non-hydrogen) atoms. The fourth-order valence-corrected chi connectivity index (χ4v) is 4.92. The molecule has 8 nitrogen and oxygen atoms in total. The van der Waals surface area contributed by atoms with Gasteiger partial charge in [-0.05, 0) is 64.7 Å². The maximum Gasteiger partial charge on any atom is 0.410 e. The highest BCUT2D eigenvalue weighted by atomic mass is 16.6. The van der Waals surface area contributed by atoms with E-state index in [0.717, 1.165) is 43.6 Å². The van der Waals surface area contributed by atoms with Crippen molar-refractivity contribution < 1.29 is 19.1 Å². The van der Waals surface area contributed by atoms with Crippen LogP contribution < -0.4 is 4.90 Å². The molecule has 1 aromatic rings. The minimum absolute atomic E-state index is 0.0306. The van der Waals surface area contributed by atoms with Crippen LogP contribution in [0.1, 0.15) is 56.5 Å². The molecule has 3 aliphatic rings. The van der Waals surface area contributed by atoms with Crippen molar-refractivity contribution in [1.29, 1.82) is 0 Å². The molecule has 1 atom stereocenters. The Balaban J connectivity index is 1.37. The fourth-order valence-electron chi connectivity index (χ4n) is 4.92. The third-order valence-corrected chi connectivity index (χ3v) is 6.62. The van der Waals surface area contributed by atoms with Crippen LogP contribution in [0.4, 0.5) is 10.5 Å². The maximum absolute atomic E-state index is 13.2. The van der Waals surface area contributed by atoms with E-state index in [-0.39, 0.29) is 23.9 Å². The lowest BCUT2D eigenvalue weighted by atomic mass is 10.1. The number of nitrogens with zero attached hydrogens (tertiary/aromatic N) is 4. The van der Waals surface area contributed by atoms with Crippen LogP contribution in [0.2, 0.25) is 0 Å². The molecule has 2 fully saturated rings. The van der Waals surface area contributed by atoms with Gasteiger partial charge in [-0.1, -0.05) is 6.07 Å². The first kappa shape index (κ1) is 23.5. The molecule has 3 aliphatic heterocycles. The number of hydrogen-bond donors (Lipinski definition) is 0. The SMILES string of the molecule is CC1CN(CC(=O)N2CCc3ccc(C(=O)N4CCCC4)cc32)CCN1C(=O)OC(C)(C)C.